The molecule has 0 amide bonds. The predicted octanol–water partition coefficient (Wildman–Crippen LogP) is 4.72. The summed E-state index contributed by atoms with van der Waals surface area (Å²) in [6.45, 7) is 2.34. The maximum absolute atomic E-state index is 13.7. The number of cyclic esters (lactones) is 1. The molecular formula is C28H26N2O4S. The van der Waals surface area contributed by atoms with Gasteiger partial charge in [-0.05, 0) is 48.2 Å². The van der Waals surface area contributed by atoms with Crippen molar-refractivity contribution in [1.29, 1.82) is 0 Å². The minimum Gasteiger partial charge on any atom is -0.457 e. The van der Waals surface area contributed by atoms with E-state index in [1.807, 2.05) is 67.7 Å². The number of hydrogen-bond donors (Lipinski definition) is 1. The summed E-state index contributed by atoms with van der Waals surface area (Å²) in [6, 6.07) is 24.1. The highest BCUT2D eigenvalue weighted by atomic mass is 32.2. The van der Waals surface area contributed by atoms with E-state index in [-0.39, 0.29) is 24.6 Å². The third-order valence-electron chi connectivity index (χ3n) is 6.33. The summed E-state index contributed by atoms with van der Waals surface area (Å²) in [5.41, 5.74) is 4.88. The van der Waals surface area contributed by atoms with Crippen molar-refractivity contribution < 1.29 is 17.9 Å². The molecular weight excluding hydrogens is 460 g/mol. The number of aryl methyl sites for hydroxylation is 1. The van der Waals surface area contributed by atoms with Gasteiger partial charge in [0.15, 0.2) is 0 Å². The zero-order valence-corrected chi connectivity index (χ0v) is 20.2. The number of aromatic nitrogens is 1. The molecule has 4 aromatic rings. The molecule has 0 saturated carbocycles. The number of benzene rings is 3. The molecule has 1 N–H and O–H groups in total. The van der Waals surface area contributed by atoms with Crippen LogP contribution in [0.4, 0.5) is 0 Å². The summed E-state index contributed by atoms with van der Waals surface area (Å²) in [5, 5.41) is 1.07. The Morgan fingerprint density at radius 1 is 0.943 bits per heavy atom. The second kappa shape index (κ2) is 9.52. The zero-order chi connectivity index (χ0) is 24.4. The highest BCUT2D eigenvalue weighted by molar-refractivity contribution is 7.89. The molecule has 6 nitrogen and oxygen atoms in total. The van der Waals surface area contributed by atoms with Crippen LogP contribution in [-0.4, -0.2) is 43.4 Å². The summed E-state index contributed by atoms with van der Waals surface area (Å²) < 4.78 is 34.3. The van der Waals surface area contributed by atoms with E-state index in [0.29, 0.717) is 17.6 Å². The Balaban J connectivity index is 1.51. The molecule has 0 spiro atoms. The molecule has 5 rings (SSSR count). The molecule has 0 saturated heterocycles. The number of nitrogens with zero attached hydrogens (tertiary/aromatic N) is 1. The second-order valence-corrected chi connectivity index (χ2v) is 10.6. The number of nitrogens with one attached hydrogen (secondary N) is 1. The minimum absolute atomic E-state index is 0.0779. The maximum Gasteiger partial charge on any atom is 0.339 e. The lowest BCUT2D eigenvalue weighted by Gasteiger charge is -2.23. The number of para-hydroxylation sites is 1. The summed E-state index contributed by atoms with van der Waals surface area (Å²) >= 11 is 0. The largest absolute Gasteiger partial charge is 0.457 e. The van der Waals surface area contributed by atoms with Crippen molar-refractivity contribution in [3.8, 4) is 0 Å². The third kappa shape index (κ3) is 4.65. The van der Waals surface area contributed by atoms with Crippen molar-refractivity contribution in [2.75, 3.05) is 19.7 Å². The van der Waals surface area contributed by atoms with Gasteiger partial charge in [0.2, 0.25) is 10.0 Å². The highest BCUT2D eigenvalue weighted by Gasteiger charge is 2.32. The van der Waals surface area contributed by atoms with Gasteiger partial charge in [0, 0.05) is 30.2 Å². The number of aromatic amines is 1. The molecule has 2 heterocycles. The SMILES string of the molecule is Cc1ccc(S(=O)(=O)N(CCc2c[nH]c3ccccc23)CC2=C(c3ccccc3)C(=O)OC2)cc1. The Labute approximate surface area is 204 Å². The molecule has 0 bridgehead atoms. The van der Waals surface area contributed by atoms with Gasteiger partial charge in [0.1, 0.15) is 6.61 Å². The minimum atomic E-state index is -3.81. The van der Waals surface area contributed by atoms with Gasteiger partial charge < -0.3 is 9.72 Å². The van der Waals surface area contributed by atoms with Crippen LogP contribution in [-0.2, 0) is 26.0 Å². The Hall–Kier alpha value is -3.68. The van der Waals surface area contributed by atoms with Crippen LogP contribution in [0.25, 0.3) is 16.5 Å². The smallest absolute Gasteiger partial charge is 0.339 e. The first-order chi connectivity index (χ1) is 16.9. The van der Waals surface area contributed by atoms with E-state index in [0.717, 1.165) is 27.6 Å². The van der Waals surface area contributed by atoms with E-state index >= 15 is 0 Å². The van der Waals surface area contributed by atoms with Crippen molar-refractivity contribution in [2.45, 2.75) is 18.2 Å². The van der Waals surface area contributed by atoms with Crippen molar-refractivity contribution in [1.82, 2.24) is 9.29 Å². The Kier molecular flexibility index (Phi) is 6.28. The van der Waals surface area contributed by atoms with Crippen molar-refractivity contribution in [2.24, 2.45) is 0 Å². The van der Waals surface area contributed by atoms with Crippen molar-refractivity contribution in [3.05, 3.63) is 107 Å². The predicted molar refractivity (Wildman–Crippen MR) is 136 cm³/mol. The zero-order valence-electron chi connectivity index (χ0n) is 19.4. The first kappa shape index (κ1) is 23.1. The maximum atomic E-state index is 13.7. The summed E-state index contributed by atoms with van der Waals surface area (Å²) in [5.74, 6) is -0.421. The van der Waals surface area contributed by atoms with E-state index in [1.54, 1.807) is 24.3 Å². The van der Waals surface area contributed by atoms with Crippen LogP contribution >= 0.6 is 0 Å². The average Bonchev–Trinajstić information content (AvgIpc) is 3.45. The molecule has 0 atom stereocenters. The van der Waals surface area contributed by atoms with E-state index < -0.39 is 16.0 Å². The Bertz CT molecular complexity index is 1500. The molecule has 1 aliphatic heterocycles. The van der Waals surface area contributed by atoms with Crippen LogP contribution in [0.3, 0.4) is 0 Å². The fraction of sp³-hybridized carbons (Fsp3) is 0.179. The second-order valence-electron chi connectivity index (χ2n) is 8.68. The lowest BCUT2D eigenvalue weighted by molar-refractivity contribution is -0.134. The number of hydrogen-bond acceptors (Lipinski definition) is 4. The third-order valence-corrected chi connectivity index (χ3v) is 8.19. The van der Waals surface area contributed by atoms with Gasteiger partial charge in [-0.15, -0.1) is 0 Å². The normalized spacial score (nSPS) is 14.2. The average molecular weight is 487 g/mol. The Morgan fingerprint density at radius 3 is 2.43 bits per heavy atom. The van der Waals surface area contributed by atoms with Gasteiger partial charge in [-0.25, -0.2) is 13.2 Å². The summed E-state index contributed by atoms with van der Waals surface area (Å²) in [4.78, 5) is 16.0. The molecule has 1 aliphatic rings. The number of ether oxygens (including phenoxy) is 1. The van der Waals surface area contributed by atoms with Crippen LogP contribution < -0.4 is 0 Å². The van der Waals surface area contributed by atoms with Gasteiger partial charge in [-0.1, -0.05) is 66.2 Å². The molecule has 3 aromatic carbocycles. The van der Waals surface area contributed by atoms with Gasteiger partial charge in [-0.3, -0.25) is 0 Å². The molecule has 0 radical (unpaired) electrons. The lowest BCUT2D eigenvalue weighted by Crippen LogP contribution is -2.35. The topological polar surface area (TPSA) is 79.5 Å². The van der Waals surface area contributed by atoms with Crippen molar-refractivity contribution >= 4 is 32.5 Å². The highest BCUT2D eigenvalue weighted by Crippen LogP contribution is 2.29. The van der Waals surface area contributed by atoms with Crippen LogP contribution in [0.15, 0.2) is 95.5 Å². The number of esters is 1. The van der Waals surface area contributed by atoms with Crippen molar-refractivity contribution in [3.63, 3.8) is 0 Å². The van der Waals surface area contributed by atoms with E-state index in [1.165, 1.54) is 4.31 Å². The molecule has 35 heavy (non-hydrogen) atoms. The fourth-order valence-corrected chi connectivity index (χ4v) is 5.87. The first-order valence-corrected chi connectivity index (χ1v) is 12.9. The lowest BCUT2D eigenvalue weighted by atomic mass is 10.0. The molecule has 0 aliphatic carbocycles. The van der Waals surface area contributed by atoms with Gasteiger partial charge >= 0.3 is 5.97 Å². The van der Waals surface area contributed by atoms with Gasteiger partial charge in [0.05, 0.1) is 10.5 Å². The fourth-order valence-electron chi connectivity index (χ4n) is 4.43. The quantitative estimate of drug-likeness (QED) is 0.366. The molecule has 0 unspecified atom stereocenters. The number of rotatable bonds is 8. The molecule has 7 heteroatoms. The summed E-state index contributed by atoms with van der Waals surface area (Å²) in [6.07, 6.45) is 2.45. The number of carbonyl (C=O) groups excluding carboxylic acids is 1. The van der Waals surface area contributed by atoms with Crippen LogP contribution in [0.2, 0.25) is 0 Å². The number of carbonyl (C=O) groups is 1. The number of H-pyrrole nitrogens is 1. The monoisotopic (exact) mass is 486 g/mol. The van der Waals surface area contributed by atoms with E-state index in [9.17, 15) is 13.2 Å². The van der Waals surface area contributed by atoms with Crippen LogP contribution in [0.1, 0.15) is 16.7 Å². The number of sulfonamides is 1. The van der Waals surface area contributed by atoms with Crippen LogP contribution in [0, 0.1) is 6.92 Å². The van der Waals surface area contributed by atoms with E-state index in [2.05, 4.69) is 4.98 Å². The first-order valence-electron chi connectivity index (χ1n) is 11.5. The van der Waals surface area contributed by atoms with Crippen LogP contribution in [0.5, 0.6) is 0 Å². The molecule has 178 valence electrons. The van der Waals surface area contributed by atoms with Gasteiger partial charge in [-0.2, -0.15) is 4.31 Å². The van der Waals surface area contributed by atoms with E-state index in [4.69, 9.17) is 4.74 Å². The Morgan fingerprint density at radius 2 is 1.66 bits per heavy atom. The molecule has 1 aromatic heterocycles. The molecule has 0 fully saturated rings. The van der Waals surface area contributed by atoms with Gasteiger partial charge in [0.25, 0.3) is 0 Å². The summed E-state index contributed by atoms with van der Waals surface area (Å²) in [7, 11) is -3.81. The number of fused-ring (bicyclic) bond motifs is 1. The standard InChI is InChI=1S/C28H26N2O4S/c1-20-11-13-24(14-12-20)35(32,33)30(16-15-22-17-29-26-10-6-5-9-25(22)26)18-23-19-34-28(31)27(23)21-7-3-2-4-8-21/h2-14,17,29H,15-16,18-19H2,1H3.